The van der Waals surface area contributed by atoms with Gasteiger partial charge >= 0.3 is 0 Å². The third kappa shape index (κ3) is 3.44. The van der Waals surface area contributed by atoms with Crippen molar-refractivity contribution in [3.63, 3.8) is 0 Å². The minimum absolute atomic E-state index is 0.0513. The van der Waals surface area contributed by atoms with Crippen molar-refractivity contribution in [3.05, 3.63) is 23.8 Å². The molecule has 1 atom stereocenters. The van der Waals surface area contributed by atoms with E-state index in [1.54, 1.807) is 25.1 Å². The first-order valence-electron chi connectivity index (χ1n) is 5.90. The second-order valence-corrected chi connectivity index (χ2v) is 5.88. The molecule has 6 heteroatoms. The molecule has 5 nitrogen and oxygen atoms in total. The van der Waals surface area contributed by atoms with Crippen molar-refractivity contribution in [2.75, 3.05) is 12.3 Å². The smallest absolute Gasteiger partial charge is 0.243 e. The van der Waals surface area contributed by atoms with Crippen molar-refractivity contribution < 1.29 is 13.5 Å². The van der Waals surface area contributed by atoms with Gasteiger partial charge in [0.05, 0.1) is 5.69 Å². The van der Waals surface area contributed by atoms with Crippen molar-refractivity contribution >= 4 is 15.7 Å². The maximum absolute atomic E-state index is 12.2. The highest BCUT2D eigenvalue weighted by molar-refractivity contribution is 7.89. The van der Waals surface area contributed by atoms with Crippen LogP contribution in [0.15, 0.2) is 23.1 Å². The van der Waals surface area contributed by atoms with Gasteiger partial charge in [0.2, 0.25) is 10.0 Å². The highest BCUT2D eigenvalue weighted by Gasteiger charge is 2.22. The molecule has 1 unspecified atom stereocenters. The molecule has 0 aliphatic carbocycles. The van der Waals surface area contributed by atoms with Crippen LogP contribution in [-0.2, 0) is 10.0 Å². The molecule has 0 spiro atoms. The summed E-state index contributed by atoms with van der Waals surface area (Å²) in [4.78, 5) is 0.126. The lowest BCUT2D eigenvalue weighted by Gasteiger charge is -2.18. The van der Waals surface area contributed by atoms with E-state index in [0.29, 0.717) is 18.4 Å². The van der Waals surface area contributed by atoms with Crippen LogP contribution in [0.4, 0.5) is 5.69 Å². The molecule has 0 saturated heterocycles. The normalized spacial score (nSPS) is 13.5. The first kappa shape index (κ1) is 14.9. The lowest BCUT2D eigenvalue weighted by Crippen LogP contribution is -2.35. The van der Waals surface area contributed by atoms with Gasteiger partial charge < -0.3 is 10.8 Å². The Balaban J connectivity index is 3.06. The van der Waals surface area contributed by atoms with E-state index in [1.807, 2.05) is 6.92 Å². The molecule has 0 amide bonds. The Morgan fingerprint density at radius 1 is 1.44 bits per heavy atom. The molecule has 0 saturated carbocycles. The van der Waals surface area contributed by atoms with E-state index >= 15 is 0 Å². The van der Waals surface area contributed by atoms with Gasteiger partial charge in [-0.25, -0.2) is 13.1 Å². The van der Waals surface area contributed by atoms with E-state index in [0.717, 1.165) is 0 Å². The fourth-order valence-corrected chi connectivity index (χ4v) is 3.53. The monoisotopic (exact) mass is 272 g/mol. The molecule has 4 N–H and O–H groups in total. The van der Waals surface area contributed by atoms with Gasteiger partial charge in [0.1, 0.15) is 4.90 Å². The Labute approximate surface area is 108 Å². The summed E-state index contributed by atoms with van der Waals surface area (Å²) in [5.41, 5.74) is 6.58. The Kier molecular flexibility index (Phi) is 5.13. The molecule has 18 heavy (non-hydrogen) atoms. The van der Waals surface area contributed by atoms with Gasteiger partial charge in [-0.05, 0) is 31.4 Å². The van der Waals surface area contributed by atoms with E-state index in [9.17, 15) is 8.42 Å². The number of aryl methyl sites for hydroxylation is 1. The Morgan fingerprint density at radius 2 is 2.11 bits per heavy atom. The molecular weight excluding hydrogens is 252 g/mol. The molecule has 102 valence electrons. The maximum atomic E-state index is 12.2. The number of hydrogen-bond acceptors (Lipinski definition) is 4. The number of hydrogen-bond donors (Lipinski definition) is 3. The third-order valence-corrected chi connectivity index (χ3v) is 4.54. The predicted molar refractivity (Wildman–Crippen MR) is 71.7 cm³/mol. The van der Waals surface area contributed by atoms with Crippen LogP contribution >= 0.6 is 0 Å². The van der Waals surface area contributed by atoms with E-state index in [-0.39, 0.29) is 23.2 Å². The quantitative estimate of drug-likeness (QED) is 0.674. The fourth-order valence-electron chi connectivity index (χ4n) is 1.82. The zero-order chi connectivity index (χ0) is 13.8. The minimum Gasteiger partial charge on any atom is -0.398 e. The van der Waals surface area contributed by atoms with Gasteiger partial charge in [-0.2, -0.15) is 0 Å². The Bertz CT molecular complexity index is 480. The van der Waals surface area contributed by atoms with Crippen LogP contribution in [-0.4, -0.2) is 26.2 Å². The van der Waals surface area contributed by atoms with E-state index in [4.69, 9.17) is 10.8 Å². The van der Waals surface area contributed by atoms with Crippen LogP contribution in [0.25, 0.3) is 0 Å². The van der Waals surface area contributed by atoms with Crippen molar-refractivity contribution in [3.8, 4) is 0 Å². The summed E-state index contributed by atoms with van der Waals surface area (Å²) < 4.78 is 27.1. The van der Waals surface area contributed by atoms with Gasteiger partial charge in [0.25, 0.3) is 0 Å². The number of nitrogens with two attached hydrogens (primary N) is 1. The molecule has 1 aromatic carbocycles. The van der Waals surface area contributed by atoms with E-state index in [2.05, 4.69) is 4.72 Å². The van der Waals surface area contributed by atoms with Crippen LogP contribution < -0.4 is 10.5 Å². The van der Waals surface area contributed by atoms with Crippen LogP contribution in [0.5, 0.6) is 0 Å². The van der Waals surface area contributed by atoms with Crippen LogP contribution in [0.1, 0.15) is 25.3 Å². The molecule has 0 aliphatic heterocycles. The third-order valence-electron chi connectivity index (χ3n) is 2.80. The number of nitrogens with one attached hydrogen (secondary N) is 1. The van der Waals surface area contributed by atoms with Gasteiger partial charge in [0.15, 0.2) is 0 Å². The second-order valence-electron chi connectivity index (χ2n) is 4.23. The van der Waals surface area contributed by atoms with Gasteiger partial charge in [-0.15, -0.1) is 0 Å². The summed E-state index contributed by atoms with van der Waals surface area (Å²) >= 11 is 0. The molecule has 1 aromatic rings. The summed E-state index contributed by atoms with van der Waals surface area (Å²) in [7, 11) is -3.64. The first-order chi connectivity index (χ1) is 8.42. The summed E-state index contributed by atoms with van der Waals surface area (Å²) in [5, 5.41) is 8.88. The van der Waals surface area contributed by atoms with Crippen molar-refractivity contribution in [2.24, 2.45) is 0 Å². The Morgan fingerprint density at radius 3 is 2.61 bits per heavy atom. The van der Waals surface area contributed by atoms with Crippen LogP contribution in [0.3, 0.4) is 0 Å². The van der Waals surface area contributed by atoms with E-state index < -0.39 is 10.0 Å². The number of aliphatic hydroxyl groups excluding tert-OH is 1. The standard InChI is InChI=1S/C12H20N2O3S/c1-3-10(7-8-15)14-18(16,17)12-9(2)5-4-6-11(12)13/h4-6,10,14-15H,3,7-8,13H2,1-2H3. The van der Waals surface area contributed by atoms with Gasteiger partial charge in [-0.1, -0.05) is 19.1 Å². The molecule has 0 aliphatic rings. The average molecular weight is 272 g/mol. The number of sulfonamides is 1. The number of anilines is 1. The minimum atomic E-state index is -3.64. The Hall–Kier alpha value is -1.11. The summed E-state index contributed by atoms with van der Waals surface area (Å²) in [6, 6.07) is 4.71. The largest absolute Gasteiger partial charge is 0.398 e. The number of rotatable bonds is 6. The summed E-state index contributed by atoms with van der Waals surface area (Å²) in [5.74, 6) is 0. The highest BCUT2D eigenvalue weighted by Crippen LogP contribution is 2.22. The van der Waals surface area contributed by atoms with Crippen molar-refractivity contribution in [2.45, 2.75) is 37.6 Å². The first-order valence-corrected chi connectivity index (χ1v) is 7.39. The fraction of sp³-hybridized carbons (Fsp3) is 0.500. The lowest BCUT2D eigenvalue weighted by atomic mass is 10.2. The lowest BCUT2D eigenvalue weighted by molar-refractivity contribution is 0.270. The van der Waals surface area contributed by atoms with Crippen LogP contribution in [0, 0.1) is 6.92 Å². The molecule has 0 aromatic heterocycles. The highest BCUT2D eigenvalue weighted by atomic mass is 32.2. The zero-order valence-electron chi connectivity index (χ0n) is 10.7. The molecular formula is C12H20N2O3S. The zero-order valence-corrected chi connectivity index (χ0v) is 11.5. The summed E-state index contributed by atoms with van der Waals surface area (Å²) in [6.45, 7) is 3.52. The number of nitrogen functional groups attached to an aromatic ring is 1. The molecule has 1 rings (SSSR count). The number of benzene rings is 1. The van der Waals surface area contributed by atoms with E-state index in [1.165, 1.54) is 0 Å². The SMILES string of the molecule is CCC(CCO)NS(=O)(=O)c1c(C)cccc1N. The maximum Gasteiger partial charge on any atom is 0.243 e. The molecule has 0 bridgehead atoms. The van der Waals surface area contributed by atoms with Gasteiger partial charge in [0, 0.05) is 12.6 Å². The average Bonchev–Trinajstić information content (AvgIpc) is 2.27. The summed E-state index contributed by atoms with van der Waals surface area (Å²) in [6.07, 6.45) is 1.01. The molecule has 0 heterocycles. The van der Waals surface area contributed by atoms with Crippen molar-refractivity contribution in [1.29, 1.82) is 0 Å². The molecule has 0 fully saturated rings. The second kappa shape index (κ2) is 6.17. The van der Waals surface area contributed by atoms with Crippen LogP contribution in [0.2, 0.25) is 0 Å². The number of aliphatic hydroxyl groups is 1. The van der Waals surface area contributed by atoms with Gasteiger partial charge in [-0.3, -0.25) is 0 Å². The predicted octanol–water partition coefficient (Wildman–Crippen LogP) is 1.02. The molecule has 0 radical (unpaired) electrons. The topological polar surface area (TPSA) is 92.4 Å². The van der Waals surface area contributed by atoms with Crippen molar-refractivity contribution in [1.82, 2.24) is 4.72 Å².